The first-order valence-corrected chi connectivity index (χ1v) is 43.2. The second kappa shape index (κ2) is 70.1. The summed E-state index contributed by atoms with van der Waals surface area (Å²) in [5.74, 6) is -1.30. The number of phosphoric acid groups is 2. The maximum absolute atomic E-state index is 13.1. The van der Waals surface area contributed by atoms with E-state index in [1.807, 2.05) is 0 Å². The normalized spacial score (nSPS) is 14.2. The molecule has 0 saturated carbocycles. The molecule has 3 N–H and O–H groups in total. The monoisotopic (exact) mass is 1410 g/mol. The maximum Gasteiger partial charge on any atom is 0.472 e. The highest BCUT2D eigenvalue weighted by Gasteiger charge is 2.30. The van der Waals surface area contributed by atoms with E-state index in [2.05, 4.69) is 34.6 Å². The zero-order valence-corrected chi connectivity index (χ0v) is 64.3. The van der Waals surface area contributed by atoms with Gasteiger partial charge in [-0.15, -0.1) is 0 Å². The number of esters is 4. The molecule has 0 rings (SSSR count). The van der Waals surface area contributed by atoms with E-state index in [0.29, 0.717) is 25.7 Å². The number of rotatable bonds is 77. The third kappa shape index (κ3) is 69.2. The molecule has 0 aliphatic carbocycles. The van der Waals surface area contributed by atoms with Crippen molar-refractivity contribution in [3.05, 3.63) is 0 Å². The van der Waals surface area contributed by atoms with Crippen LogP contribution >= 0.6 is 15.6 Å². The van der Waals surface area contributed by atoms with Crippen molar-refractivity contribution in [1.82, 2.24) is 0 Å². The van der Waals surface area contributed by atoms with Gasteiger partial charge < -0.3 is 33.8 Å². The van der Waals surface area contributed by atoms with Crippen molar-refractivity contribution in [3.8, 4) is 0 Å². The summed E-state index contributed by atoms with van der Waals surface area (Å²) in [4.78, 5) is 72.8. The second-order valence-corrected chi connectivity index (χ2v) is 30.9. The topological polar surface area (TPSA) is 237 Å². The number of hydrogen-bond acceptors (Lipinski definition) is 15. The largest absolute Gasteiger partial charge is 0.472 e. The van der Waals surface area contributed by atoms with Gasteiger partial charge in [0, 0.05) is 25.7 Å². The summed E-state index contributed by atoms with van der Waals surface area (Å²) in [5, 5.41) is 10.6. The Bertz CT molecular complexity index is 1840. The molecular formula is C77H150O17P2. The van der Waals surface area contributed by atoms with Crippen molar-refractivity contribution in [1.29, 1.82) is 0 Å². The molecule has 96 heavy (non-hydrogen) atoms. The lowest BCUT2D eigenvalue weighted by atomic mass is 9.99. The van der Waals surface area contributed by atoms with Crippen LogP contribution in [0.2, 0.25) is 0 Å². The zero-order valence-electron chi connectivity index (χ0n) is 62.5. The van der Waals surface area contributed by atoms with Crippen molar-refractivity contribution in [3.63, 3.8) is 0 Å². The fourth-order valence-corrected chi connectivity index (χ4v) is 13.4. The summed E-state index contributed by atoms with van der Waals surface area (Å²) < 4.78 is 68.5. The molecule has 6 atom stereocenters. The Morgan fingerprint density at radius 2 is 0.500 bits per heavy atom. The van der Waals surface area contributed by atoms with Gasteiger partial charge in [-0.05, 0) is 31.6 Å². The molecule has 19 heteroatoms. The molecular weight excluding hydrogens is 1260 g/mol. The van der Waals surface area contributed by atoms with Crippen molar-refractivity contribution in [2.24, 2.45) is 5.92 Å². The van der Waals surface area contributed by atoms with E-state index < -0.39 is 97.5 Å². The minimum atomic E-state index is -4.96. The molecule has 570 valence electrons. The molecule has 0 radical (unpaired) electrons. The molecule has 0 saturated heterocycles. The molecule has 0 amide bonds. The van der Waals surface area contributed by atoms with Gasteiger partial charge in [0.05, 0.1) is 26.4 Å². The van der Waals surface area contributed by atoms with Gasteiger partial charge in [-0.1, -0.05) is 356 Å². The second-order valence-electron chi connectivity index (χ2n) is 28.0. The Morgan fingerprint density at radius 1 is 0.292 bits per heavy atom. The van der Waals surface area contributed by atoms with Crippen LogP contribution in [0.1, 0.15) is 407 Å². The lowest BCUT2D eigenvalue weighted by molar-refractivity contribution is -0.161. The van der Waals surface area contributed by atoms with Gasteiger partial charge in [-0.25, -0.2) is 9.13 Å². The lowest BCUT2D eigenvalue weighted by Crippen LogP contribution is -2.30. The summed E-state index contributed by atoms with van der Waals surface area (Å²) in [6.45, 7) is 7.32. The minimum Gasteiger partial charge on any atom is -0.462 e. The van der Waals surface area contributed by atoms with E-state index in [1.165, 1.54) is 231 Å². The fraction of sp³-hybridized carbons (Fsp3) is 0.948. The molecule has 0 aliphatic rings. The van der Waals surface area contributed by atoms with Gasteiger partial charge in [0.15, 0.2) is 12.2 Å². The van der Waals surface area contributed by atoms with Gasteiger partial charge in [0.25, 0.3) is 0 Å². The maximum atomic E-state index is 13.1. The first-order chi connectivity index (χ1) is 46.6. The molecule has 0 aromatic heterocycles. The average molecular weight is 1410 g/mol. The van der Waals surface area contributed by atoms with Gasteiger partial charge in [-0.2, -0.15) is 0 Å². The Balaban J connectivity index is 5.22. The van der Waals surface area contributed by atoms with E-state index in [9.17, 15) is 43.2 Å². The number of carbonyl (C=O) groups excluding carboxylic acids is 4. The lowest BCUT2D eigenvalue weighted by Gasteiger charge is -2.21. The molecule has 0 fully saturated rings. The van der Waals surface area contributed by atoms with E-state index in [4.69, 9.17) is 37.0 Å². The van der Waals surface area contributed by atoms with Crippen LogP contribution in [0.25, 0.3) is 0 Å². The van der Waals surface area contributed by atoms with Crippen LogP contribution in [0, 0.1) is 5.92 Å². The van der Waals surface area contributed by atoms with Crippen LogP contribution in [-0.2, 0) is 65.4 Å². The number of aliphatic hydroxyl groups is 1. The number of unbranched alkanes of at least 4 members (excludes halogenated alkanes) is 48. The van der Waals surface area contributed by atoms with E-state index in [1.54, 1.807) is 0 Å². The predicted molar refractivity (Wildman–Crippen MR) is 391 cm³/mol. The molecule has 0 heterocycles. The third-order valence-corrected chi connectivity index (χ3v) is 20.3. The standard InChI is InChI=1S/C77H150O17P2/c1-6-10-13-16-19-22-25-27-28-29-30-31-32-33-34-36-43-48-53-58-63-77(82)94-73(67-88-75(80)61-56-51-46-41-38-37-39-44-49-54-59-70(5)9-4)69-92-96(85,86)90-65-71(78)64-89-95(83,84)91-68-72(66-87-74(79)60-55-50-45-40-24-21-18-15-12-8-3)93-76(81)62-57-52-47-42-35-26-23-20-17-14-11-7-2/h70-73,78H,6-69H2,1-5H3,(H,83,84)(H,85,86)/t70?,71-,72+,73+/m0/s1. The number of hydrogen-bond donors (Lipinski definition) is 3. The summed E-state index contributed by atoms with van der Waals surface area (Å²) in [7, 11) is -9.91. The Labute approximate surface area is 588 Å². The molecule has 3 unspecified atom stereocenters. The Morgan fingerprint density at radius 3 is 0.740 bits per heavy atom. The van der Waals surface area contributed by atoms with Crippen LogP contribution < -0.4 is 0 Å². The highest BCUT2D eigenvalue weighted by atomic mass is 31.2. The average Bonchev–Trinajstić information content (AvgIpc) is 1.34. The van der Waals surface area contributed by atoms with Gasteiger partial charge >= 0.3 is 39.5 Å². The molecule has 0 spiro atoms. The number of ether oxygens (including phenoxy) is 4. The number of aliphatic hydroxyl groups excluding tert-OH is 1. The number of phosphoric ester groups is 2. The van der Waals surface area contributed by atoms with Crippen molar-refractivity contribution < 1.29 is 80.2 Å². The smallest absolute Gasteiger partial charge is 0.462 e. The summed E-state index contributed by atoms with van der Waals surface area (Å²) >= 11 is 0. The molecule has 17 nitrogen and oxygen atoms in total. The van der Waals surface area contributed by atoms with Crippen molar-refractivity contribution >= 4 is 39.5 Å². The van der Waals surface area contributed by atoms with Crippen molar-refractivity contribution in [2.45, 2.75) is 425 Å². The van der Waals surface area contributed by atoms with E-state index >= 15 is 0 Å². The summed E-state index contributed by atoms with van der Waals surface area (Å²) in [6.07, 6.45) is 59.5. The van der Waals surface area contributed by atoms with E-state index in [-0.39, 0.29) is 25.7 Å². The van der Waals surface area contributed by atoms with Gasteiger partial charge in [-0.3, -0.25) is 37.3 Å². The molecule has 0 aromatic carbocycles. The number of carbonyl (C=O) groups is 4. The highest BCUT2D eigenvalue weighted by Crippen LogP contribution is 2.45. The van der Waals surface area contributed by atoms with Crippen LogP contribution in [-0.4, -0.2) is 96.7 Å². The van der Waals surface area contributed by atoms with Crippen molar-refractivity contribution in [2.75, 3.05) is 39.6 Å². The van der Waals surface area contributed by atoms with Crippen LogP contribution in [0.4, 0.5) is 0 Å². The van der Waals surface area contributed by atoms with Gasteiger partial charge in [0.1, 0.15) is 19.3 Å². The van der Waals surface area contributed by atoms with Crippen LogP contribution in [0.5, 0.6) is 0 Å². The summed E-state index contributed by atoms with van der Waals surface area (Å²) in [5.41, 5.74) is 0. The van der Waals surface area contributed by atoms with Crippen LogP contribution in [0.3, 0.4) is 0 Å². The zero-order chi connectivity index (χ0) is 70.5. The van der Waals surface area contributed by atoms with E-state index in [0.717, 1.165) is 95.8 Å². The van der Waals surface area contributed by atoms with Gasteiger partial charge in [0.2, 0.25) is 0 Å². The predicted octanol–water partition coefficient (Wildman–Crippen LogP) is 22.9. The Hall–Kier alpha value is -1.94. The molecule has 0 aromatic rings. The third-order valence-electron chi connectivity index (χ3n) is 18.4. The minimum absolute atomic E-state index is 0.108. The Kier molecular flexibility index (Phi) is 68.7. The first-order valence-electron chi connectivity index (χ1n) is 40.2. The quantitative estimate of drug-likeness (QED) is 0.0222. The molecule has 0 aliphatic heterocycles. The molecule has 0 bridgehead atoms. The summed E-state index contributed by atoms with van der Waals surface area (Å²) in [6, 6.07) is 0. The highest BCUT2D eigenvalue weighted by molar-refractivity contribution is 7.47. The SMILES string of the molecule is CCCCCCCCCCCCCCCCCCCCCCC(=O)O[C@H](COC(=O)CCCCCCCCCCCCC(C)CC)COP(=O)(O)OC[C@@H](O)COP(=O)(O)OC[C@@H](COC(=O)CCCCCCCCCCCC)OC(=O)CCCCCCCCCCCCCC. The fourth-order valence-electron chi connectivity index (χ4n) is 11.8. The first kappa shape index (κ1) is 94.1. The van der Waals surface area contributed by atoms with Crippen LogP contribution in [0.15, 0.2) is 0 Å².